The Bertz CT molecular complexity index is 982. The minimum Gasteiger partial charge on any atom is -0.346 e. The number of carbonyl (C=O) groups is 2. The number of benzene rings is 1. The van der Waals surface area contributed by atoms with Crippen LogP contribution in [0.5, 0.6) is 0 Å². The van der Waals surface area contributed by atoms with Gasteiger partial charge >= 0.3 is 0 Å². The molecule has 0 radical (unpaired) electrons. The Balaban J connectivity index is 1.59. The number of rotatable bonds is 5. The summed E-state index contributed by atoms with van der Waals surface area (Å²) in [4.78, 5) is 29.3. The van der Waals surface area contributed by atoms with Crippen molar-refractivity contribution in [3.63, 3.8) is 0 Å². The van der Waals surface area contributed by atoms with E-state index < -0.39 is 0 Å². The van der Waals surface area contributed by atoms with Crippen LogP contribution in [0.4, 0.5) is 4.79 Å². The van der Waals surface area contributed by atoms with Crippen molar-refractivity contribution in [2.45, 2.75) is 32.2 Å². The van der Waals surface area contributed by atoms with Gasteiger partial charge in [-0.1, -0.05) is 24.6 Å². The molecule has 6 nitrogen and oxygen atoms in total. The summed E-state index contributed by atoms with van der Waals surface area (Å²) in [5, 5.41) is 9.71. The average molecular weight is 395 g/mol. The van der Waals surface area contributed by atoms with Crippen molar-refractivity contribution in [1.29, 1.82) is 5.26 Å². The van der Waals surface area contributed by atoms with Crippen LogP contribution < -0.4 is 0 Å². The van der Waals surface area contributed by atoms with E-state index >= 15 is 0 Å². The van der Waals surface area contributed by atoms with Gasteiger partial charge in [-0.15, -0.1) is 0 Å². The van der Waals surface area contributed by atoms with Crippen molar-refractivity contribution in [2.24, 2.45) is 0 Å². The molecule has 3 heterocycles. The van der Waals surface area contributed by atoms with Gasteiger partial charge < -0.3 is 4.57 Å². The summed E-state index contributed by atoms with van der Waals surface area (Å²) in [7, 11) is 0. The zero-order valence-electron chi connectivity index (χ0n) is 15.6. The number of aryl methyl sites for hydroxylation is 1. The fourth-order valence-electron chi connectivity index (χ4n) is 3.81. The van der Waals surface area contributed by atoms with Crippen molar-refractivity contribution in [1.82, 2.24) is 14.4 Å². The van der Waals surface area contributed by atoms with Gasteiger partial charge in [0.1, 0.15) is 0 Å². The highest BCUT2D eigenvalue weighted by Gasteiger charge is 2.36. The van der Waals surface area contributed by atoms with E-state index in [4.69, 9.17) is 5.26 Å². The molecule has 144 valence electrons. The minimum atomic E-state index is -0.213. The van der Waals surface area contributed by atoms with Crippen LogP contribution in [-0.4, -0.2) is 45.3 Å². The van der Waals surface area contributed by atoms with Crippen LogP contribution in [-0.2, 0) is 11.3 Å². The Hall–Kier alpha value is -2.56. The molecular weight excluding hydrogens is 372 g/mol. The third-order valence-electron chi connectivity index (χ3n) is 5.23. The number of imide groups is 1. The number of para-hydroxylation sites is 1. The number of piperidine rings is 1. The van der Waals surface area contributed by atoms with Gasteiger partial charge in [-0.3, -0.25) is 19.4 Å². The van der Waals surface area contributed by atoms with Gasteiger partial charge in [-0.05, 0) is 49.8 Å². The van der Waals surface area contributed by atoms with E-state index in [1.165, 1.54) is 11.3 Å². The fourth-order valence-corrected chi connectivity index (χ4v) is 4.63. The van der Waals surface area contributed by atoms with Crippen molar-refractivity contribution >= 4 is 39.9 Å². The molecule has 1 aromatic heterocycles. The lowest BCUT2D eigenvalue weighted by molar-refractivity contribution is -0.124. The highest BCUT2D eigenvalue weighted by molar-refractivity contribution is 8.18. The molecule has 0 atom stereocenters. The molecular formula is C21H22N4O2S. The van der Waals surface area contributed by atoms with Crippen molar-refractivity contribution in [3.05, 3.63) is 40.9 Å². The Morgan fingerprint density at radius 2 is 1.93 bits per heavy atom. The smallest absolute Gasteiger partial charge is 0.294 e. The predicted molar refractivity (Wildman–Crippen MR) is 110 cm³/mol. The SMILES string of the molecule is N#CCCn1cc(C=C2SC(=O)N(CN3CCCCC3)C2=O)c2ccccc21. The third-order valence-corrected chi connectivity index (χ3v) is 6.14. The van der Waals surface area contributed by atoms with Crippen LogP contribution in [0.15, 0.2) is 35.4 Å². The van der Waals surface area contributed by atoms with Crippen LogP contribution in [0, 0.1) is 11.3 Å². The topological polar surface area (TPSA) is 69.3 Å². The van der Waals surface area contributed by atoms with Crippen LogP contribution in [0.1, 0.15) is 31.2 Å². The molecule has 2 aliphatic heterocycles. The molecule has 1 aromatic carbocycles. The number of nitrogens with zero attached hydrogens (tertiary/aromatic N) is 4. The molecule has 4 rings (SSSR count). The molecule has 28 heavy (non-hydrogen) atoms. The van der Waals surface area contributed by atoms with E-state index in [0.717, 1.165) is 54.2 Å². The molecule has 2 fully saturated rings. The maximum atomic E-state index is 12.8. The van der Waals surface area contributed by atoms with Crippen LogP contribution in [0.2, 0.25) is 0 Å². The molecule has 0 unspecified atom stereocenters. The van der Waals surface area contributed by atoms with E-state index in [9.17, 15) is 9.59 Å². The number of hydrogen-bond acceptors (Lipinski definition) is 5. The summed E-state index contributed by atoms with van der Waals surface area (Å²) in [5.41, 5.74) is 1.92. The molecule has 0 aliphatic carbocycles. The van der Waals surface area contributed by atoms with Gasteiger partial charge in [0.2, 0.25) is 0 Å². The zero-order chi connectivity index (χ0) is 19.5. The lowest BCUT2D eigenvalue weighted by Crippen LogP contribution is -2.42. The number of nitriles is 1. The van der Waals surface area contributed by atoms with E-state index in [1.54, 1.807) is 0 Å². The fraction of sp³-hybridized carbons (Fsp3) is 0.381. The Kier molecular flexibility index (Phi) is 5.51. The van der Waals surface area contributed by atoms with Gasteiger partial charge in [0.15, 0.2) is 0 Å². The number of hydrogen-bond donors (Lipinski definition) is 0. The quantitative estimate of drug-likeness (QED) is 0.716. The first-order valence-electron chi connectivity index (χ1n) is 9.60. The lowest BCUT2D eigenvalue weighted by Gasteiger charge is -2.29. The molecule has 0 spiro atoms. The molecule has 2 aliphatic rings. The number of amides is 2. The summed E-state index contributed by atoms with van der Waals surface area (Å²) in [5.74, 6) is -0.213. The van der Waals surface area contributed by atoms with Gasteiger partial charge in [-0.2, -0.15) is 5.26 Å². The van der Waals surface area contributed by atoms with Crippen LogP contribution in [0.3, 0.4) is 0 Å². The van der Waals surface area contributed by atoms with E-state index in [1.807, 2.05) is 41.1 Å². The number of carbonyl (C=O) groups excluding carboxylic acids is 2. The zero-order valence-corrected chi connectivity index (χ0v) is 16.5. The van der Waals surface area contributed by atoms with Crippen LogP contribution >= 0.6 is 11.8 Å². The van der Waals surface area contributed by atoms with E-state index in [0.29, 0.717) is 24.5 Å². The molecule has 2 saturated heterocycles. The molecule has 7 heteroatoms. The number of thioether (sulfide) groups is 1. The summed E-state index contributed by atoms with van der Waals surface area (Å²) in [6, 6.07) is 10.1. The lowest BCUT2D eigenvalue weighted by atomic mass is 10.1. The molecule has 2 aromatic rings. The molecule has 0 saturated carbocycles. The summed E-state index contributed by atoms with van der Waals surface area (Å²) in [6.45, 7) is 2.85. The second-order valence-corrected chi connectivity index (χ2v) is 8.13. The normalized spacial score (nSPS) is 19.7. The average Bonchev–Trinajstić information content (AvgIpc) is 3.20. The molecule has 2 amide bonds. The summed E-state index contributed by atoms with van der Waals surface area (Å²) < 4.78 is 2.03. The number of aromatic nitrogens is 1. The Labute approximate surface area is 168 Å². The molecule has 0 N–H and O–H groups in total. The standard InChI is InChI=1S/C21H22N4O2S/c22-9-6-12-24-14-16(17-7-2-3-8-18(17)24)13-19-20(26)25(21(27)28-19)15-23-10-4-1-5-11-23/h2-3,7-8,13-14H,1,4-6,10-12,15H2. The van der Waals surface area contributed by atoms with Gasteiger partial charge in [0.25, 0.3) is 11.1 Å². The maximum absolute atomic E-state index is 12.8. The highest BCUT2D eigenvalue weighted by atomic mass is 32.2. The Morgan fingerprint density at radius 3 is 2.71 bits per heavy atom. The van der Waals surface area contributed by atoms with Crippen molar-refractivity contribution in [3.8, 4) is 6.07 Å². The summed E-state index contributed by atoms with van der Waals surface area (Å²) >= 11 is 1.01. The minimum absolute atomic E-state index is 0.199. The monoisotopic (exact) mass is 394 g/mol. The van der Waals surface area contributed by atoms with Crippen LogP contribution in [0.25, 0.3) is 17.0 Å². The maximum Gasteiger partial charge on any atom is 0.294 e. The van der Waals surface area contributed by atoms with Crippen molar-refractivity contribution < 1.29 is 9.59 Å². The van der Waals surface area contributed by atoms with Gasteiger partial charge in [0.05, 0.1) is 24.1 Å². The highest BCUT2D eigenvalue weighted by Crippen LogP contribution is 2.34. The van der Waals surface area contributed by atoms with E-state index in [2.05, 4.69) is 11.0 Å². The third kappa shape index (κ3) is 3.71. The van der Waals surface area contributed by atoms with Gasteiger partial charge in [0, 0.05) is 29.2 Å². The first-order chi connectivity index (χ1) is 13.7. The largest absolute Gasteiger partial charge is 0.346 e. The summed E-state index contributed by atoms with van der Waals surface area (Å²) in [6.07, 6.45) is 7.65. The van der Waals surface area contributed by atoms with E-state index in [-0.39, 0.29) is 11.1 Å². The number of fused-ring (bicyclic) bond motifs is 1. The Morgan fingerprint density at radius 1 is 1.14 bits per heavy atom. The first kappa shape index (κ1) is 18.8. The second kappa shape index (κ2) is 8.21. The predicted octanol–water partition coefficient (Wildman–Crippen LogP) is 4.03. The second-order valence-electron chi connectivity index (χ2n) is 7.13. The van der Waals surface area contributed by atoms with Crippen molar-refractivity contribution in [2.75, 3.05) is 19.8 Å². The number of likely N-dealkylation sites (tertiary alicyclic amines) is 1. The molecule has 0 bridgehead atoms. The first-order valence-corrected chi connectivity index (χ1v) is 10.4. The van der Waals surface area contributed by atoms with Gasteiger partial charge in [-0.25, -0.2) is 0 Å².